The van der Waals surface area contributed by atoms with Crippen molar-refractivity contribution in [2.45, 2.75) is 46.1 Å². The molecular weight excluding hydrogens is 236 g/mol. The van der Waals surface area contributed by atoms with Gasteiger partial charge >= 0.3 is 0 Å². The number of hydrogen-bond acceptors (Lipinski definition) is 3. The number of aryl methyl sites for hydroxylation is 1. The Bertz CT molecular complexity index is 442. The molecule has 0 spiro atoms. The number of rotatable bonds is 4. The molecular formula is C16H26N2O. The van der Waals surface area contributed by atoms with Gasteiger partial charge in [0.05, 0.1) is 13.2 Å². The van der Waals surface area contributed by atoms with E-state index in [1.54, 1.807) is 7.11 Å². The first kappa shape index (κ1) is 14.4. The summed E-state index contributed by atoms with van der Waals surface area (Å²) >= 11 is 0. The molecule has 0 aromatic heterocycles. The monoisotopic (exact) mass is 262 g/mol. The van der Waals surface area contributed by atoms with Crippen molar-refractivity contribution >= 4 is 0 Å². The van der Waals surface area contributed by atoms with Gasteiger partial charge in [0.1, 0.15) is 5.75 Å². The van der Waals surface area contributed by atoms with Gasteiger partial charge in [-0.1, -0.05) is 38.0 Å². The van der Waals surface area contributed by atoms with Gasteiger partial charge in [0.25, 0.3) is 0 Å². The Morgan fingerprint density at radius 1 is 1.42 bits per heavy atom. The first-order valence-electron chi connectivity index (χ1n) is 7.10. The fourth-order valence-electron chi connectivity index (χ4n) is 3.49. The SMILES string of the molecule is COc1ccc(C)cc1C(NN)C1CCCC1(C)C. The molecule has 0 radical (unpaired) electrons. The van der Waals surface area contributed by atoms with Crippen LogP contribution in [-0.4, -0.2) is 7.11 Å². The van der Waals surface area contributed by atoms with Crippen LogP contribution in [0.15, 0.2) is 18.2 Å². The fourth-order valence-corrected chi connectivity index (χ4v) is 3.49. The van der Waals surface area contributed by atoms with Crippen LogP contribution in [0.25, 0.3) is 0 Å². The first-order chi connectivity index (χ1) is 8.99. The van der Waals surface area contributed by atoms with E-state index in [2.05, 4.69) is 38.3 Å². The minimum atomic E-state index is 0.160. The Kier molecular flexibility index (Phi) is 4.16. The van der Waals surface area contributed by atoms with Crippen molar-refractivity contribution in [2.24, 2.45) is 17.2 Å². The molecule has 0 aliphatic heterocycles. The second-order valence-electron chi connectivity index (χ2n) is 6.38. The summed E-state index contributed by atoms with van der Waals surface area (Å²) in [5.74, 6) is 7.35. The van der Waals surface area contributed by atoms with Crippen LogP contribution in [-0.2, 0) is 0 Å². The molecule has 106 valence electrons. The van der Waals surface area contributed by atoms with E-state index >= 15 is 0 Å². The number of ether oxygens (including phenoxy) is 1. The lowest BCUT2D eigenvalue weighted by atomic mass is 9.75. The number of hydrazine groups is 1. The van der Waals surface area contributed by atoms with Crippen LogP contribution in [0, 0.1) is 18.3 Å². The summed E-state index contributed by atoms with van der Waals surface area (Å²) in [5, 5.41) is 0. The van der Waals surface area contributed by atoms with E-state index in [9.17, 15) is 0 Å². The summed E-state index contributed by atoms with van der Waals surface area (Å²) < 4.78 is 5.52. The second-order valence-corrected chi connectivity index (χ2v) is 6.38. The van der Waals surface area contributed by atoms with Gasteiger partial charge in [-0.3, -0.25) is 11.3 Å². The zero-order valence-electron chi connectivity index (χ0n) is 12.5. The van der Waals surface area contributed by atoms with Crippen molar-refractivity contribution in [1.82, 2.24) is 5.43 Å². The van der Waals surface area contributed by atoms with E-state index in [-0.39, 0.29) is 6.04 Å². The molecule has 1 aromatic rings. The van der Waals surface area contributed by atoms with Gasteiger partial charge in [-0.2, -0.15) is 0 Å². The van der Waals surface area contributed by atoms with E-state index in [0.717, 1.165) is 5.75 Å². The standard InChI is InChI=1S/C16H26N2O/c1-11-7-8-14(19-4)12(10-11)15(18-17)13-6-5-9-16(13,2)3/h7-8,10,13,15,18H,5-6,9,17H2,1-4H3. The molecule has 0 amide bonds. The van der Waals surface area contributed by atoms with Gasteiger partial charge in [0, 0.05) is 5.56 Å². The van der Waals surface area contributed by atoms with Crippen LogP contribution in [0.2, 0.25) is 0 Å². The van der Waals surface area contributed by atoms with Crippen molar-refractivity contribution in [3.8, 4) is 5.75 Å². The number of methoxy groups -OCH3 is 1. The molecule has 1 saturated carbocycles. The molecule has 19 heavy (non-hydrogen) atoms. The molecule has 0 heterocycles. The lowest BCUT2D eigenvalue weighted by Crippen LogP contribution is -2.38. The molecule has 1 fully saturated rings. The second kappa shape index (κ2) is 5.51. The molecule has 2 unspecified atom stereocenters. The molecule has 3 N–H and O–H groups in total. The maximum absolute atomic E-state index is 5.87. The quantitative estimate of drug-likeness (QED) is 0.646. The minimum absolute atomic E-state index is 0.160. The number of nitrogens with one attached hydrogen (secondary N) is 1. The van der Waals surface area contributed by atoms with E-state index in [1.165, 1.54) is 30.4 Å². The highest BCUT2D eigenvalue weighted by molar-refractivity contribution is 5.39. The Labute approximate surface area is 116 Å². The Balaban J connectivity index is 2.39. The van der Waals surface area contributed by atoms with Crippen LogP contribution in [0.1, 0.15) is 50.3 Å². The topological polar surface area (TPSA) is 47.3 Å². The highest BCUT2D eigenvalue weighted by atomic mass is 16.5. The van der Waals surface area contributed by atoms with E-state index < -0.39 is 0 Å². The van der Waals surface area contributed by atoms with Crippen LogP contribution < -0.4 is 16.0 Å². The molecule has 3 heteroatoms. The zero-order valence-corrected chi connectivity index (χ0v) is 12.5. The number of nitrogens with two attached hydrogens (primary N) is 1. The largest absolute Gasteiger partial charge is 0.496 e. The van der Waals surface area contributed by atoms with Crippen molar-refractivity contribution in [3.63, 3.8) is 0 Å². The Hall–Kier alpha value is -1.06. The van der Waals surface area contributed by atoms with Crippen molar-refractivity contribution in [1.29, 1.82) is 0 Å². The average molecular weight is 262 g/mol. The van der Waals surface area contributed by atoms with Gasteiger partial charge < -0.3 is 4.74 Å². The minimum Gasteiger partial charge on any atom is -0.496 e. The van der Waals surface area contributed by atoms with Crippen LogP contribution >= 0.6 is 0 Å². The number of hydrogen-bond donors (Lipinski definition) is 2. The van der Waals surface area contributed by atoms with Crippen LogP contribution in [0.5, 0.6) is 5.75 Å². The summed E-state index contributed by atoms with van der Waals surface area (Å²) in [5.41, 5.74) is 5.79. The highest BCUT2D eigenvalue weighted by Crippen LogP contribution is 2.49. The fraction of sp³-hybridized carbons (Fsp3) is 0.625. The Morgan fingerprint density at radius 2 is 2.16 bits per heavy atom. The highest BCUT2D eigenvalue weighted by Gasteiger charge is 2.40. The average Bonchev–Trinajstić information content (AvgIpc) is 2.71. The van der Waals surface area contributed by atoms with Gasteiger partial charge in [0.2, 0.25) is 0 Å². The zero-order chi connectivity index (χ0) is 14.0. The smallest absolute Gasteiger partial charge is 0.123 e. The maximum Gasteiger partial charge on any atom is 0.123 e. The van der Waals surface area contributed by atoms with Gasteiger partial charge in [-0.25, -0.2) is 0 Å². The first-order valence-corrected chi connectivity index (χ1v) is 7.10. The van der Waals surface area contributed by atoms with Gasteiger partial charge in [0.15, 0.2) is 0 Å². The summed E-state index contributed by atoms with van der Waals surface area (Å²) in [4.78, 5) is 0. The summed E-state index contributed by atoms with van der Waals surface area (Å²) in [7, 11) is 1.72. The molecule has 1 aliphatic rings. The van der Waals surface area contributed by atoms with E-state index in [4.69, 9.17) is 10.6 Å². The van der Waals surface area contributed by atoms with Gasteiger partial charge in [-0.05, 0) is 37.2 Å². The van der Waals surface area contributed by atoms with Crippen LogP contribution in [0.4, 0.5) is 0 Å². The molecule has 0 saturated heterocycles. The predicted molar refractivity (Wildman–Crippen MR) is 78.9 cm³/mol. The molecule has 3 nitrogen and oxygen atoms in total. The molecule has 0 bridgehead atoms. The summed E-state index contributed by atoms with van der Waals surface area (Å²) in [6, 6.07) is 6.47. The van der Waals surface area contributed by atoms with Crippen LogP contribution in [0.3, 0.4) is 0 Å². The molecule has 1 aromatic carbocycles. The number of benzene rings is 1. The van der Waals surface area contributed by atoms with Gasteiger partial charge in [-0.15, -0.1) is 0 Å². The van der Waals surface area contributed by atoms with E-state index in [0.29, 0.717) is 11.3 Å². The lowest BCUT2D eigenvalue weighted by molar-refractivity contribution is 0.195. The predicted octanol–water partition coefficient (Wildman–Crippen LogP) is 3.33. The third-order valence-electron chi connectivity index (χ3n) is 4.64. The maximum atomic E-state index is 5.87. The molecule has 2 atom stereocenters. The molecule has 1 aliphatic carbocycles. The summed E-state index contributed by atoms with van der Waals surface area (Å²) in [6.07, 6.45) is 3.77. The van der Waals surface area contributed by atoms with Crippen molar-refractivity contribution in [2.75, 3.05) is 7.11 Å². The third-order valence-corrected chi connectivity index (χ3v) is 4.64. The Morgan fingerprint density at radius 3 is 2.68 bits per heavy atom. The third kappa shape index (κ3) is 2.77. The normalized spacial score (nSPS) is 23.3. The van der Waals surface area contributed by atoms with E-state index in [1.807, 2.05) is 6.07 Å². The molecule has 2 rings (SSSR count). The van der Waals surface area contributed by atoms with Crippen molar-refractivity contribution in [3.05, 3.63) is 29.3 Å². The lowest BCUT2D eigenvalue weighted by Gasteiger charge is -2.34. The van der Waals surface area contributed by atoms with Crippen molar-refractivity contribution < 1.29 is 4.74 Å². The summed E-state index contributed by atoms with van der Waals surface area (Å²) in [6.45, 7) is 6.80.